The Labute approximate surface area is 161 Å². The molecule has 2 aromatic carbocycles. The fraction of sp³-hybridized carbons (Fsp3) is 0.417. The summed E-state index contributed by atoms with van der Waals surface area (Å²) in [5.74, 6) is 0. The number of para-hydroxylation sites is 1. The molecule has 27 heavy (non-hydrogen) atoms. The highest BCUT2D eigenvalue weighted by atomic mass is 16.5. The zero-order chi connectivity index (χ0) is 19.0. The summed E-state index contributed by atoms with van der Waals surface area (Å²) in [7, 11) is 0. The Balaban J connectivity index is 1.66. The second kappa shape index (κ2) is 7.14. The van der Waals surface area contributed by atoms with Crippen molar-refractivity contribution in [2.45, 2.75) is 57.8 Å². The van der Waals surface area contributed by atoms with E-state index in [1.807, 2.05) is 0 Å². The molecule has 1 aliphatic rings. The Bertz CT molecular complexity index is 918. The van der Waals surface area contributed by atoms with Crippen molar-refractivity contribution in [3.05, 3.63) is 71.4 Å². The molecular formula is C24H29NO2. The third-order valence-electron chi connectivity index (χ3n) is 5.60. The largest absolute Gasteiger partial charge is 0.393 e. The van der Waals surface area contributed by atoms with Gasteiger partial charge in [-0.3, -0.25) is 0 Å². The number of nitrogens with zero attached hydrogens (tertiary/aromatic N) is 1. The van der Waals surface area contributed by atoms with E-state index >= 15 is 0 Å². The molecular weight excluding hydrogens is 334 g/mol. The first-order chi connectivity index (χ1) is 12.9. The maximum absolute atomic E-state index is 10.1. The summed E-state index contributed by atoms with van der Waals surface area (Å²) >= 11 is 0. The van der Waals surface area contributed by atoms with Crippen molar-refractivity contribution in [2.24, 2.45) is 0 Å². The lowest BCUT2D eigenvalue weighted by Crippen LogP contribution is -2.23. The molecule has 2 atom stereocenters. The van der Waals surface area contributed by atoms with Gasteiger partial charge in [-0.1, -0.05) is 63.2 Å². The number of rotatable bonds is 3. The van der Waals surface area contributed by atoms with Gasteiger partial charge in [0.15, 0.2) is 0 Å². The number of benzene rings is 2. The summed E-state index contributed by atoms with van der Waals surface area (Å²) < 4.78 is 8.29. The third kappa shape index (κ3) is 3.80. The van der Waals surface area contributed by atoms with Crippen molar-refractivity contribution in [1.82, 2.24) is 4.57 Å². The van der Waals surface area contributed by atoms with Crippen molar-refractivity contribution in [3.8, 4) is 0 Å². The predicted molar refractivity (Wildman–Crippen MR) is 110 cm³/mol. The molecule has 4 rings (SSSR count). The molecule has 0 saturated carbocycles. The highest BCUT2D eigenvalue weighted by Gasteiger charge is 2.25. The monoisotopic (exact) mass is 363 g/mol. The molecule has 2 heterocycles. The Morgan fingerprint density at radius 2 is 1.81 bits per heavy atom. The van der Waals surface area contributed by atoms with Gasteiger partial charge in [0.1, 0.15) is 0 Å². The Kier molecular flexibility index (Phi) is 4.83. The van der Waals surface area contributed by atoms with Crippen molar-refractivity contribution in [1.29, 1.82) is 0 Å². The van der Waals surface area contributed by atoms with Crippen LogP contribution in [0.15, 0.2) is 54.7 Å². The zero-order valence-electron chi connectivity index (χ0n) is 16.5. The molecule has 1 fully saturated rings. The summed E-state index contributed by atoms with van der Waals surface area (Å²) in [5, 5.41) is 11.3. The number of aliphatic hydroxyl groups excluding tert-OH is 1. The van der Waals surface area contributed by atoms with E-state index in [4.69, 9.17) is 4.74 Å². The number of aromatic nitrogens is 1. The fourth-order valence-corrected chi connectivity index (χ4v) is 3.97. The third-order valence-corrected chi connectivity index (χ3v) is 5.60. The van der Waals surface area contributed by atoms with E-state index in [9.17, 15) is 5.11 Å². The molecule has 0 spiro atoms. The van der Waals surface area contributed by atoms with Gasteiger partial charge in [-0.25, -0.2) is 0 Å². The molecule has 1 aromatic heterocycles. The summed E-state index contributed by atoms with van der Waals surface area (Å²) in [6.45, 7) is 8.19. The highest BCUT2D eigenvalue weighted by Crippen LogP contribution is 2.34. The van der Waals surface area contributed by atoms with Gasteiger partial charge in [-0.15, -0.1) is 0 Å². The van der Waals surface area contributed by atoms with Crippen LogP contribution >= 0.6 is 0 Å². The Morgan fingerprint density at radius 3 is 2.52 bits per heavy atom. The second-order valence-electron chi connectivity index (χ2n) is 8.71. The van der Waals surface area contributed by atoms with Crippen molar-refractivity contribution < 1.29 is 9.84 Å². The van der Waals surface area contributed by atoms with Gasteiger partial charge in [-0.05, 0) is 29.0 Å². The average molecular weight is 364 g/mol. The lowest BCUT2D eigenvalue weighted by atomic mass is 9.87. The van der Waals surface area contributed by atoms with Crippen LogP contribution in [0.5, 0.6) is 0 Å². The minimum Gasteiger partial charge on any atom is -0.393 e. The van der Waals surface area contributed by atoms with Crippen LogP contribution in [0.2, 0.25) is 0 Å². The standard InChI is InChI=1S/C24H29NO2/c1-24(2,3)18-10-8-17(9-11-18)15-25-16-21(20-6-4-5-7-22(20)25)23-14-19(26)12-13-27-23/h4-11,16,19,23,26H,12-15H2,1-3H3/t19-,23+/m0/s1. The SMILES string of the molecule is CC(C)(C)c1ccc(Cn2cc([C@H]3C[C@@H](O)CCO3)c3ccccc32)cc1. The maximum Gasteiger partial charge on any atom is 0.0870 e. The van der Waals surface area contributed by atoms with E-state index in [1.54, 1.807) is 0 Å². The van der Waals surface area contributed by atoms with Gasteiger partial charge in [0.2, 0.25) is 0 Å². The van der Waals surface area contributed by atoms with E-state index in [0.29, 0.717) is 13.0 Å². The molecule has 1 N–H and O–H groups in total. The van der Waals surface area contributed by atoms with E-state index in [1.165, 1.54) is 27.6 Å². The summed E-state index contributed by atoms with van der Waals surface area (Å²) in [6, 6.07) is 17.4. The van der Waals surface area contributed by atoms with Crippen LogP contribution in [0.25, 0.3) is 10.9 Å². The van der Waals surface area contributed by atoms with Crippen molar-refractivity contribution in [3.63, 3.8) is 0 Å². The second-order valence-corrected chi connectivity index (χ2v) is 8.71. The van der Waals surface area contributed by atoms with Gasteiger partial charge >= 0.3 is 0 Å². The first kappa shape index (κ1) is 18.3. The number of fused-ring (bicyclic) bond motifs is 1. The molecule has 1 aliphatic heterocycles. The van der Waals surface area contributed by atoms with Crippen LogP contribution in [-0.4, -0.2) is 22.4 Å². The molecule has 3 nitrogen and oxygen atoms in total. The number of hydrogen-bond donors (Lipinski definition) is 1. The molecule has 142 valence electrons. The summed E-state index contributed by atoms with van der Waals surface area (Å²) in [6.07, 6.45) is 3.33. The van der Waals surface area contributed by atoms with Crippen LogP contribution in [0.3, 0.4) is 0 Å². The first-order valence-corrected chi connectivity index (χ1v) is 9.88. The molecule has 3 aromatic rings. The Hall–Kier alpha value is -2.10. The van der Waals surface area contributed by atoms with Gasteiger partial charge < -0.3 is 14.4 Å². The van der Waals surface area contributed by atoms with Gasteiger partial charge in [0, 0.05) is 42.2 Å². The molecule has 3 heteroatoms. The van der Waals surface area contributed by atoms with Crippen LogP contribution < -0.4 is 0 Å². The lowest BCUT2D eigenvalue weighted by molar-refractivity contribution is -0.0442. The average Bonchev–Trinajstić information content (AvgIpc) is 3.00. The zero-order valence-corrected chi connectivity index (χ0v) is 16.5. The Morgan fingerprint density at radius 1 is 1.07 bits per heavy atom. The molecule has 0 aliphatic carbocycles. The van der Waals surface area contributed by atoms with Crippen molar-refractivity contribution >= 4 is 10.9 Å². The lowest BCUT2D eigenvalue weighted by Gasteiger charge is -2.26. The van der Waals surface area contributed by atoms with E-state index in [2.05, 4.69) is 80.1 Å². The van der Waals surface area contributed by atoms with Crippen LogP contribution in [0, 0.1) is 0 Å². The van der Waals surface area contributed by atoms with Crippen LogP contribution in [0.1, 0.15) is 56.4 Å². The van der Waals surface area contributed by atoms with Crippen LogP contribution in [0.4, 0.5) is 0 Å². The van der Waals surface area contributed by atoms with Crippen LogP contribution in [-0.2, 0) is 16.7 Å². The number of ether oxygens (including phenoxy) is 1. The molecule has 0 unspecified atom stereocenters. The van der Waals surface area contributed by atoms with Gasteiger partial charge in [-0.2, -0.15) is 0 Å². The molecule has 0 amide bonds. The number of aliphatic hydroxyl groups is 1. The smallest absolute Gasteiger partial charge is 0.0870 e. The summed E-state index contributed by atoms with van der Waals surface area (Å²) in [4.78, 5) is 0. The topological polar surface area (TPSA) is 34.4 Å². The highest BCUT2D eigenvalue weighted by molar-refractivity contribution is 5.84. The van der Waals surface area contributed by atoms with E-state index < -0.39 is 0 Å². The first-order valence-electron chi connectivity index (χ1n) is 9.88. The molecule has 0 radical (unpaired) electrons. The predicted octanol–water partition coefficient (Wildman–Crippen LogP) is 5.20. The molecule has 1 saturated heterocycles. The minimum absolute atomic E-state index is 0.0248. The number of hydrogen-bond acceptors (Lipinski definition) is 2. The van der Waals surface area contributed by atoms with Gasteiger partial charge in [0.25, 0.3) is 0 Å². The fourth-order valence-electron chi connectivity index (χ4n) is 3.97. The quantitative estimate of drug-likeness (QED) is 0.694. The maximum atomic E-state index is 10.1. The van der Waals surface area contributed by atoms with Crippen molar-refractivity contribution in [2.75, 3.05) is 6.61 Å². The molecule has 0 bridgehead atoms. The van der Waals surface area contributed by atoms with E-state index in [-0.39, 0.29) is 17.6 Å². The minimum atomic E-state index is -0.268. The normalized spacial score (nSPS) is 20.9. The van der Waals surface area contributed by atoms with Gasteiger partial charge in [0.05, 0.1) is 12.2 Å². The van der Waals surface area contributed by atoms with E-state index in [0.717, 1.165) is 13.0 Å². The summed E-state index contributed by atoms with van der Waals surface area (Å²) in [5.41, 5.74) is 5.23.